The lowest BCUT2D eigenvalue weighted by Gasteiger charge is -2.04. The van der Waals surface area contributed by atoms with Crippen LogP contribution in [-0.4, -0.2) is 4.98 Å². The Hall–Kier alpha value is -2.45. The number of para-hydroxylation sites is 1. The van der Waals surface area contributed by atoms with Crippen molar-refractivity contribution in [1.82, 2.24) is 4.98 Å². The van der Waals surface area contributed by atoms with Crippen LogP contribution in [-0.2, 0) is 6.61 Å². The minimum absolute atomic E-state index is 0.0114. The van der Waals surface area contributed by atoms with Crippen molar-refractivity contribution in [2.24, 2.45) is 0 Å². The number of hydrogen-bond acceptors (Lipinski definition) is 4. The number of benzene rings is 2. The summed E-state index contributed by atoms with van der Waals surface area (Å²) in [5, 5.41) is 9.49. The summed E-state index contributed by atoms with van der Waals surface area (Å²) < 4.78 is 20.0. The molecule has 0 bridgehead atoms. The molecule has 3 rings (SSSR count). The summed E-state index contributed by atoms with van der Waals surface area (Å²) in [5.74, 6) is -0.185. The van der Waals surface area contributed by atoms with Gasteiger partial charge in [0, 0.05) is 6.07 Å². The lowest BCUT2D eigenvalue weighted by atomic mass is 10.2. The second-order valence-corrected chi connectivity index (χ2v) is 5.23. The van der Waals surface area contributed by atoms with Gasteiger partial charge in [0.2, 0.25) is 0 Å². The van der Waals surface area contributed by atoms with E-state index in [-0.39, 0.29) is 12.2 Å². The van der Waals surface area contributed by atoms with E-state index >= 15 is 0 Å². The zero-order valence-electron chi connectivity index (χ0n) is 10.3. The number of fused-ring (bicyclic) bond motifs is 1. The van der Waals surface area contributed by atoms with E-state index < -0.39 is 5.82 Å². The van der Waals surface area contributed by atoms with Crippen LogP contribution in [0.3, 0.4) is 0 Å². The number of halogens is 1. The molecule has 0 radical (unpaired) electrons. The van der Waals surface area contributed by atoms with Crippen LogP contribution in [0.2, 0.25) is 0 Å². The van der Waals surface area contributed by atoms with E-state index in [0.717, 1.165) is 15.2 Å². The fourth-order valence-corrected chi connectivity index (χ4v) is 2.68. The summed E-state index contributed by atoms with van der Waals surface area (Å²) in [6.45, 7) is 0.282. The molecule has 3 nitrogen and oxygen atoms in total. The van der Waals surface area contributed by atoms with Crippen LogP contribution >= 0.6 is 11.3 Å². The van der Waals surface area contributed by atoms with Crippen molar-refractivity contribution in [2.75, 3.05) is 0 Å². The maximum atomic E-state index is 13.4. The van der Waals surface area contributed by atoms with Crippen LogP contribution in [0.15, 0.2) is 42.5 Å². The molecule has 1 heterocycles. The quantitative estimate of drug-likeness (QED) is 0.733. The number of hydrogen-bond donors (Lipinski definition) is 0. The van der Waals surface area contributed by atoms with Crippen LogP contribution in [0, 0.1) is 17.1 Å². The molecule has 20 heavy (non-hydrogen) atoms. The third-order valence-corrected chi connectivity index (χ3v) is 3.77. The number of rotatable bonds is 3. The van der Waals surface area contributed by atoms with Crippen LogP contribution in [0.5, 0.6) is 5.75 Å². The van der Waals surface area contributed by atoms with Crippen LogP contribution < -0.4 is 4.74 Å². The normalized spacial score (nSPS) is 10.4. The Morgan fingerprint density at radius 1 is 1.25 bits per heavy atom. The van der Waals surface area contributed by atoms with Gasteiger partial charge in [0.15, 0.2) is 0 Å². The Labute approximate surface area is 118 Å². The van der Waals surface area contributed by atoms with Crippen LogP contribution in [0.4, 0.5) is 4.39 Å². The van der Waals surface area contributed by atoms with E-state index in [4.69, 9.17) is 10.00 Å². The molecule has 2 aromatic carbocycles. The van der Waals surface area contributed by atoms with Crippen LogP contribution in [0.25, 0.3) is 10.2 Å². The molecule has 0 saturated carbocycles. The summed E-state index contributed by atoms with van der Waals surface area (Å²) in [6.07, 6.45) is 0. The maximum absolute atomic E-state index is 13.4. The lowest BCUT2D eigenvalue weighted by molar-refractivity contribution is 0.304. The third kappa shape index (κ3) is 2.46. The van der Waals surface area contributed by atoms with Crippen molar-refractivity contribution in [1.29, 1.82) is 5.26 Å². The zero-order chi connectivity index (χ0) is 13.9. The molecule has 0 aliphatic rings. The van der Waals surface area contributed by atoms with E-state index in [0.29, 0.717) is 5.75 Å². The van der Waals surface area contributed by atoms with Gasteiger partial charge in [-0.25, -0.2) is 9.37 Å². The van der Waals surface area contributed by atoms with Gasteiger partial charge in [-0.15, -0.1) is 11.3 Å². The molecule has 0 amide bonds. The average molecular weight is 284 g/mol. The fourth-order valence-electron chi connectivity index (χ4n) is 1.80. The summed E-state index contributed by atoms with van der Waals surface area (Å²) >= 11 is 1.55. The summed E-state index contributed by atoms with van der Waals surface area (Å²) in [5.41, 5.74) is 0.944. The molecule has 0 unspecified atom stereocenters. The van der Waals surface area contributed by atoms with E-state index in [9.17, 15) is 4.39 Å². The lowest BCUT2D eigenvalue weighted by Crippen LogP contribution is -1.95. The fraction of sp³-hybridized carbons (Fsp3) is 0.0667. The van der Waals surface area contributed by atoms with Gasteiger partial charge in [-0.2, -0.15) is 5.26 Å². The van der Waals surface area contributed by atoms with Gasteiger partial charge in [-0.3, -0.25) is 0 Å². The van der Waals surface area contributed by atoms with Crippen molar-refractivity contribution < 1.29 is 9.13 Å². The van der Waals surface area contributed by atoms with Crippen molar-refractivity contribution >= 4 is 21.6 Å². The number of aromatic nitrogens is 1. The monoisotopic (exact) mass is 284 g/mol. The van der Waals surface area contributed by atoms with Gasteiger partial charge in [-0.05, 0) is 24.3 Å². The second kappa shape index (κ2) is 5.27. The number of thiazole rings is 1. The van der Waals surface area contributed by atoms with Crippen molar-refractivity contribution in [3.8, 4) is 11.8 Å². The summed E-state index contributed by atoms with van der Waals surface area (Å²) in [4.78, 5) is 4.43. The Kier molecular flexibility index (Phi) is 3.32. The van der Waals surface area contributed by atoms with Crippen LogP contribution in [0.1, 0.15) is 10.6 Å². The molecule has 0 saturated heterocycles. The van der Waals surface area contributed by atoms with Gasteiger partial charge in [0.05, 0.1) is 15.8 Å². The topological polar surface area (TPSA) is 45.9 Å². The highest BCUT2D eigenvalue weighted by Gasteiger charge is 2.06. The minimum atomic E-state index is -0.575. The van der Waals surface area contributed by atoms with E-state index in [2.05, 4.69) is 4.98 Å². The maximum Gasteiger partial charge on any atom is 0.144 e. The molecular weight excluding hydrogens is 275 g/mol. The van der Waals surface area contributed by atoms with Gasteiger partial charge in [0.1, 0.15) is 29.3 Å². The molecule has 0 spiro atoms. The highest BCUT2D eigenvalue weighted by atomic mass is 32.1. The van der Waals surface area contributed by atoms with E-state index in [1.54, 1.807) is 23.5 Å². The first kappa shape index (κ1) is 12.6. The third-order valence-electron chi connectivity index (χ3n) is 2.76. The van der Waals surface area contributed by atoms with Crippen molar-refractivity contribution in [3.63, 3.8) is 0 Å². The Morgan fingerprint density at radius 3 is 2.85 bits per heavy atom. The van der Waals surface area contributed by atoms with Gasteiger partial charge >= 0.3 is 0 Å². The molecule has 98 valence electrons. The highest BCUT2D eigenvalue weighted by Crippen LogP contribution is 2.23. The van der Waals surface area contributed by atoms with Crippen molar-refractivity contribution in [2.45, 2.75) is 6.61 Å². The number of ether oxygens (including phenoxy) is 1. The Morgan fingerprint density at radius 2 is 2.10 bits per heavy atom. The van der Waals surface area contributed by atoms with E-state index in [1.807, 2.05) is 24.3 Å². The predicted molar refractivity (Wildman–Crippen MR) is 75.1 cm³/mol. The number of nitrogens with zero attached hydrogens (tertiary/aromatic N) is 2. The molecule has 5 heteroatoms. The molecule has 0 aliphatic heterocycles. The SMILES string of the molecule is N#Cc1ccc(OCc2nc3ccccc3s2)cc1F. The molecular formula is C15H9FN2OS. The molecule has 1 aromatic heterocycles. The molecule has 0 fully saturated rings. The molecule has 0 atom stereocenters. The second-order valence-electron chi connectivity index (χ2n) is 4.12. The zero-order valence-corrected chi connectivity index (χ0v) is 11.2. The predicted octanol–water partition coefficient (Wildman–Crippen LogP) is 3.89. The Bertz CT molecular complexity index is 774. The molecule has 0 aliphatic carbocycles. The van der Waals surface area contributed by atoms with Crippen molar-refractivity contribution in [3.05, 3.63) is 58.9 Å². The standard InChI is InChI=1S/C15H9FN2OS/c16-12-7-11(6-5-10(12)8-17)19-9-15-18-13-3-1-2-4-14(13)20-15/h1-7H,9H2. The first-order chi connectivity index (χ1) is 9.76. The summed E-state index contributed by atoms with van der Waals surface area (Å²) in [6, 6.07) is 13.8. The van der Waals surface area contributed by atoms with Gasteiger partial charge < -0.3 is 4.74 Å². The molecule has 0 N–H and O–H groups in total. The highest BCUT2D eigenvalue weighted by molar-refractivity contribution is 7.18. The van der Waals surface area contributed by atoms with E-state index in [1.165, 1.54) is 12.1 Å². The average Bonchev–Trinajstić information content (AvgIpc) is 2.88. The smallest absolute Gasteiger partial charge is 0.144 e. The summed E-state index contributed by atoms with van der Waals surface area (Å²) in [7, 11) is 0. The first-order valence-electron chi connectivity index (χ1n) is 5.93. The number of nitriles is 1. The minimum Gasteiger partial charge on any atom is -0.486 e. The first-order valence-corrected chi connectivity index (χ1v) is 6.75. The molecule has 3 aromatic rings. The largest absolute Gasteiger partial charge is 0.486 e. The Balaban J connectivity index is 1.76. The van der Waals surface area contributed by atoms with Gasteiger partial charge in [-0.1, -0.05) is 12.1 Å². The van der Waals surface area contributed by atoms with Gasteiger partial charge in [0.25, 0.3) is 0 Å².